The van der Waals surface area contributed by atoms with Gasteiger partial charge in [-0.3, -0.25) is 4.79 Å². The second kappa shape index (κ2) is 6.73. The Bertz CT molecular complexity index is 881. The molecule has 1 aliphatic heterocycles. The minimum absolute atomic E-state index is 0.0711. The zero-order valence-electron chi connectivity index (χ0n) is 14.8. The molecule has 1 heterocycles. The standard InChI is InChI=1S/C20H23NO3S/c1-14-11-15(2)13-18(12-14)20-5-4-10-21(20)25(23,24)19-8-6-17(7-9-19)16(3)22/h6-9,11-13,20H,4-5,10H2,1-3H3. The Hall–Kier alpha value is -1.98. The number of rotatable bonds is 4. The molecule has 5 heteroatoms. The minimum Gasteiger partial charge on any atom is -0.295 e. The molecule has 4 nitrogen and oxygen atoms in total. The van der Waals surface area contributed by atoms with Crippen molar-refractivity contribution in [3.63, 3.8) is 0 Å². The van der Waals surface area contributed by atoms with Gasteiger partial charge in [-0.1, -0.05) is 41.5 Å². The lowest BCUT2D eigenvalue weighted by Crippen LogP contribution is -2.30. The van der Waals surface area contributed by atoms with Crippen molar-refractivity contribution < 1.29 is 13.2 Å². The molecule has 2 aromatic carbocycles. The van der Waals surface area contributed by atoms with Gasteiger partial charge in [0.15, 0.2) is 5.78 Å². The Balaban J connectivity index is 1.96. The highest BCUT2D eigenvalue weighted by Gasteiger charge is 2.36. The molecular formula is C20H23NO3S. The Morgan fingerprint density at radius 3 is 2.20 bits per heavy atom. The Labute approximate surface area is 149 Å². The van der Waals surface area contributed by atoms with Gasteiger partial charge in [0.2, 0.25) is 10.0 Å². The fourth-order valence-electron chi connectivity index (χ4n) is 3.56. The summed E-state index contributed by atoms with van der Waals surface area (Å²) in [5, 5.41) is 0. The third-order valence-electron chi connectivity index (χ3n) is 4.70. The van der Waals surface area contributed by atoms with Gasteiger partial charge in [-0.15, -0.1) is 0 Å². The van der Waals surface area contributed by atoms with Gasteiger partial charge in [0, 0.05) is 12.1 Å². The maximum atomic E-state index is 13.1. The number of benzene rings is 2. The molecule has 0 aromatic heterocycles. The van der Waals surface area contributed by atoms with Crippen LogP contribution < -0.4 is 0 Å². The first-order chi connectivity index (χ1) is 11.8. The molecule has 0 aliphatic carbocycles. The molecule has 1 fully saturated rings. The van der Waals surface area contributed by atoms with E-state index in [0.717, 1.165) is 29.5 Å². The van der Waals surface area contributed by atoms with Gasteiger partial charge in [-0.25, -0.2) is 8.42 Å². The molecule has 0 saturated carbocycles. The summed E-state index contributed by atoms with van der Waals surface area (Å²) in [4.78, 5) is 11.6. The van der Waals surface area contributed by atoms with E-state index in [1.165, 1.54) is 19.1 Å². The van der Waals surface area contributed by atoms with Gasteiger partial charge in [-0.2, -0.15) is 4.31 Å². The molecule has 3 rings (SSSR count). The number of hydrogen-bond donors (Lipinski definition) is 0. The number of sulfonamides is 1. The van der Waals surface area contributed by atoms with Gasteiger partial charge in [0.1, 0.15) is 0 Å². The van der Waals surface area contributed by atoms with Crippen LogP contribution in [0.2, 0.25) is 0 Å². The molecule has 1 aliphatic rings. The number of ketones is 1. The quantitative estimate of drug-likeness (QED) is 0.776. The zero-order valence-corrected chi connectivity index (χ0v) is 15.6. The number of carbonyl (C=O) groups is 1. The van der Waals surface area contributed by atoms with E-state index in [2.05, 4.69) is 18.2 Å². The molecule has 0 N–H and O–H groups in total. The molecule has 1 saturated heterocycles. The van der Waals surface area contributed by atoms with Crippen molar-refractivity contribution in [2.75, 3.05) is 6.54 Å². The molecule has 0 radical (unpaired) electrons. The van der Waals surface area contributed by atoms with Crippen LogP contribution in [0.25, 0.3) is 0 Å². The summed E-state index contributed by atoms with van der Waals surface area (Å²) in [6.07, 6.45) is 1.68. The van der Waals surface area contributed by atoms with E-state index < -0.39 is 10.0 Å². The van der Waals surface area contributed by atoms with Crippen molar-refractivity contribution in [2.24, 2.45) is 0 Å². The Morgan fingerprint density at radius 2 is 1.64 bits per heavy atom. The number of hydrogen-bond acceptors (Lipinski definition) is 3. The average Bonchev–Trinajstić information content (AvgIpc) is 3.04. The van der Waals surface area contributed by atoms with Gasteiger partial charge >= 0.3 is 0 Å². The van der Waals surface area contributed by atoms with Crippen molar-refractivity contribution >= 4 is 15.8 Å². The molecule has 25 heavy (non-hydrogen) atoms. The number of Topliss-reactive ketones (excluding diaryl/α,β-unsaturated/α-hetero) is 1. The summed E-state index contributed by atoms with van der Waals surface area (Å²) in [5.74, 6) is -0.0711. The third-order valence-corrected chi connectivity index (χ3v) is 6.62. The topological polar surface area (TPSA) is 54.5 Å². The van der Waals surface area contributed by atoms with Crippen molar-refractivity contribution in [3.05, 3.63) is 64.7 Å². The predicted octanol–water partition coefficient (Wildman–Crippen LogP) is 4.03. The van der Waals surface area contributed by atoms with Crippen LogP contribution in [0, 0.1) is 13.8 Å². The first kappa shape index (κ1) is 17.8. The fraction of sp³-hybridized carbons (Fsp3) is 0.350. The summed E-state index contributed by atoms with van der Waals surface area (Å²) in [6, 6.07) is 12.3. The second-order valence-electron chi connectivity index (χ2n) is 6.78. The molecule has 1 unspecified atom stereocenters. The van der Waals surface area contributed by atoms with Crippen molar-refractivity contribution in [1.29, 1.82) is 0 Å². The number of nitrogens with zero attached hydrogens (tertiary/aromatic N) is 1. The zero-order chi connectivity index (χ0) is 18.2. The minimum atomic E-state index is -3.58. The molecule has 0 spiro atoms. The lowest BCUT2D eigenvalue weighted by Gasteiger charge is -2.25. The number of carbonyl (C=O) groups excluding carboxylic acids is 1. The van der Waals surface area contributed by atoms with E-state index in [0.29, 0.717) is 12.1 Å². The monoisotopic (exact) mass is 357 g/mol. The van der Waals surface area contributed by atoms with Crippen LogP contribution in [0.1, 0.15) is 52.9 Å². The summed E-state index contributed by atoms with van der Waals surface area (Å²) in [6.45, 7) is 6.06. The van der Waals surface area contributed by atoms with Crippen LogP contribution in [-0.4, -0.2) is 25.1 Å². The highest BCUT2D eigenvalue weighted by molar-refractivity contribution is 7.89. The Morgan fingerprint density at radius 1 is 1.04 bits per heavy atom. The van der Waals surface area contributed by atoms with Crippen LogP contribution in [-0.2, 0) is 10.0 Å². The normalized spacial score (nSPS) is 18.4. The van der Waals surface area contributed by atoms with Crippen molar-refractivity contribution in [3.8, 4) is 0 Å². The average molecular weight is 357 g/mol. The van der Waals surface area contributed by atoms with Crippen LogP contribution in [0.5, 0.6) is 0 Å². The molecule has 0 amide bonds. The van der Waals surface area contributed by atoms with E-state index in [1.54, 1.807) is 16.4 Å². The summed E-state index contributed by atoms with van der Waals surface area (Å²) >= 11 is 0. The predicted molar refractivity (Wildman–Crippen MR) is 98.2 cm³/mol. The fourth-order valence-corrected chi connectivity index (χ4v) is 5.24. The highest BCUT2D eigenvalue weighted by atomic mass is 32.2. The molecule has 2 aromatic rings. The highest BCUT2D eigenvalue weighted by Crippen LogP contribution is 2.37. The van der Waals surface area contributed by atoms with Gasteiger partial charge in [0.05, 0.1) is 10.9 Å². The Kier molecular flexibility index (Phi) is 4.80. The van der Waals surface area contributed by atoms with Crippen molar-refractivity contribution in [1.82, 2.24) is 4.31 Å². The van der Waals surface area contributed by atoms with E-state index in [9.17, 15) is 13.2 Å². The first-order valence-corrected chi connectivity index (χ1v) is 9.94. The van der Waals surface area contributed by atoms with Crippen LogP contribution >= 0.6 is 0 Å². The summed E-state index contributed by atoms with van der Waals surface area (Å²) < 4.78 is 27.8. The second-order valence-corrected chi connectivity index (χ2v) is 8.67. The lowest BCUT2D eigenvalue weighted by atomic mass is 10.0. The van der Waals surface area contributed by atoms with Gasteiger partial charge in [-0.05, 0) is 51.3 Å². The lowest BCUT2D eigenvalue weighted by molar-refractivity contribution is 0.101. The molecule has 1 atom stereocenters. The summed E-state index contributed by atoms with van der Waals surface area (Å²) in [5.41, 5.74) is 3.86. The van der Waals surface area contributed by atoms with E-state index in [1.807, 2.05) is 13.8 Å². The van der Waals surface area contributed by atoms with E-state index >= 15 is 0 Å². The molecule has 0 bridgehead atoms. The smallest absolute Gasteiger partial charge is 0.243 e. The first-order valence-electron chi connectivity index (χ1n) is 8.50. The van der Waals surface area contributed by atoms with Crippen LogP contribution in [0.3, 0.4) is 0 Å². The van der Waals surface area contributed by atoms with E-state index in [-0.39, 0.29) is 16.7 Å². The van der Waals surface area contributed by atoms with Crippen LogP contribution in [0.15, 0.2) is 47.4 Å². The third kappa shape index (κ3) is 3.53. The van der Waals surface area contributed by atoms with E-state index in [4.69, 9.17) is 0 Å². The molecular weight excluding hydrogens is 334 g/mol. The largest absolute Gasteiger partial charge is 0.295 e. The number of aryl methyl sites for hydroxylation is 2. The SMILES string of the molecule is CC(=O)c1ccc(S(=O)(=O)N2CCCC2c2cc(C)cc(C)c2)cc1. The van der Waals surface area contributed by atoms with Gasteiger partial charge in [0.25, 0.3) is 0 Å². The van der Waals surface area contributed by atoms with Gasteiger partial charge < -0.3 is 0 Å². The molecule has 132 valence electrons. The maximum Gasteiger partial charge on any atom is 0.243 e. The maximum absolute atomic E-state index is 13.1. The van der Waals surface area contributed by atoms with Crippen molar-refractivity contribution in [2.45, 2.75) is 44.6 Å². The summed E-state index contributed by atoms with van der Waals surface area (Å²) in [7, 11) is -3.58. The van der Waals surface area contributed by atoms with Crippen LogP contribution in [0.4, 0.5) is 0 Å².